The molecular weight excluding hydrogens is 470 g/mol. The van der Waals surface area contributed by atoms with Crippen molar-refractivity contribution in [3.8, 4) is 0 Å². The number of thiophene rings is 1. The second kappa shape index (κ2) is 9.41. The van der Waals surface area contributed by atoms with Crippen molar-refractivity contribution in [3.05, 3.63) is 71.1 Å². The SMILES string of the molecule is Cc1cccc(C)c1NS(=O)(=O)c1ccc(NC(=O)CN(C)S(=O)(=O)c2cccs2)cc1. The molecule has 1 heterocycles. The molecule has 0 saturated carbocycles. The van der Waals surface area contributed by atoms with E-state index in [1.54, 1.807) is 11.4 Å². The van der Waals surface area contributed by atoms with E-state index >= 15 is 0 Å². The number of para-hydroxylation sites is 1. The zero-order chi connectivity index (χ0) is 23.5. The standard InChI is InChI=1S/C21H23N3O5S3/c1-15-6-4-7-16(2)21(15)23-31(26,27)18-11-9-17(10-12-18)22-19(25)14-24(3)32(28,29)20-8-5-13-30-20/h4-13,23H,14H2,1-3H3,(H,22,25). The van der Waals surface area contributed by atoms with Crippen LogP contribution in [0.15, 0.2) is 69.1 Å². The molecule has 0 aliphatic rings. The molecule has 1 amide bonds. The summed E-state index contributed by atoms with van der Waals surface area (Å²) in [6.07, 6.45) is 0. The van der Waals surface area contributed by atoms with Gasteiger partial charge in [0.2, 0.25) is 5.91 Å². The Morgan fingerprint density at radius 2 is 1.56 bits per heavy atom. The normalized spacial score (nSPS) is 12.0. The Bertz CT molecular complexity index is 1300. The lowest BCUT2D eigenvalue weighted by molar-refractivity contribution is -0.116. The molecule has 1 aromatic heterocycles. The van der Waals surface area contributed by atoms with E-state index < -0.39 is 26.0 Å². The lowest BCUT2D eigenvalue weighted by Gasteiger charge is -2.16. The largest absolute Gasteiger partial charge is 0.325 e. The summed E-state index contributed by atoms with van der Waals surface area (Å²) in [6, 6.07) is 14.2. The zero-order valence-electron chi connectivity index (χ0n) is 17.7. The van der Waals surface area contributed by atoms with E-state index in [-0.39, 0.29) is 15.6 Å². The van der Waals surface area contributed by atoms with E-state index in [0.29, 0.717) is 11.4 Å². The van der Waals surface area contributed by atoms with Gasteiger partial charge < -0.3 is 5.32 Å². The Morgan fingerprint density at radius 1 is 0.938 bits per heavy atom. The number of rotatable bonds is 8. The maximum atomic E-state index is 12.7. The number of amides is 1. The van der Waals surface area contributed by atoms with Crippen LogP contribution in [-0.4, -0.2) is 40.6 Å². The van der Waals surface area contributed by atoms with Crippen LogP contribution in [0.5, 0.6) is 0 Å². The lowest BCUT2D eigenvalue weighted by atomic mass is 10.1. The molecule has 0 unspecified atom stereocenters. The van der Waals surface area contributed by atoms with Gasteiger partial charge in [0.25, 0.3) is 20.0 Å². The molecular formula is C21H23N3O5S3. The number of likely N-dealkylation sites (N-methyl/N-ethyl adjacent to an activating group) is 1. The van der Waals surface area contributed by atoms with Crippen LogP contribution in [0.2, 0.25) is 0 Å². The fourth-order valence-electron chi connectivity index (χ4n) is 2.94. The van der Waals surface area contributed by atoms with E-state index in [2.05, 4.69) is 10.0 Å². The maximum Gasteiger partial charge on any atom is 0.261 e. The predicted octanol–water partition coefficient (Wildman–Crippen LogP) is 3.42. The van der Waals surface area contributed by atoms with Gasteiger partial charge in [0.1, 0.15) is 4.21 Å². The molecule has 0 aliphatic carbocycles. The topological polar surface area (TPSA) is 113 Å². The van der Waals surface area contributed by atoms with Gasteiger partial charge in [0, 0.05) is 12.7 Å². The molecule has 11 heteroatoms. The number of hydrogen-bond donors (Lipinski definition) is 2. The van der Waals surface area contributed by atoms with Crippen LogP contribution >= 0.6 is 11.3 Å². The average Bonchev–Trinajstić information content (AvgIpc) is 3.27. The van der Waals surface area contributed by atoms with Crippen LogP contribution < -0.4 is 10.0 Å². The summed E-state index contributed by atoms with van der Waals surface area (Å²) >= 11 is 1.07. The third-order valence-corrected chi connectivity index (χ3v) is 9.23. The number of hydrogen-bond acceptors (Lipinski definition) is 6. The van der Waals surface area contributed by atoms with Crippen molar-refractivity contribution in [2.24, 2.45) is 0 Å². The van der Waals surface area contributed by atoms with Crippen molar-refractivity contribution in [1.82, 2.24) is 4.31 Å². The minimum atomic E-state index is -3.82. The first-order valence-corrected chi connectivity index (χ1v) is 13.3. The summed E-state index contributed by atoms with van der Waals surface area (Å²) in [5.74, 6) is -0.545. The van der Waals surface area contributed by atoms with Gasteiger partial charge in [-0.1, -0.05) is 24.3 Å². The van der Waals surface area contributed by atoms with Gasteiger partial charge in [0.15, 0.2) is 0 Å². The molecule has 170 valence electrons. The zero-order valence-corrected chi connectivity index (χ0v) is 20.1. The number of carbonyl (C=O) groups excluding carboxylic acids is 1. The highest BCUT2D eigenvalue weighted by Crippen LogP contribution is 2.24. The van der Waals surface area contributed by atoms with Gasteiger partial charge in [-0.05, 0) is 60.7 Å². The number of benzene rings is 2. The van der Waals surface area contributed by atoms with E-state index in [1.165, 1.54) is 37.4 Å². The molecule has 2 aromatic carbocycles. The Balaban J connectivity index is 1.67. The summed E-state index contributed by atoms with van der Waals surface area (Å²) < 4.78 is 54.0. The summed E-state index contributed by atoms with van der Waals surface area (Å²) in [7, 11) is -6.24. The Hall–Kier alpha value is -2.73. The minimum absolute atomic E-state index is 0.0375. The lowest BCUT2D eigenvalue weighted by Crippen LogP contribution is -2.34. The third-order valence-electron chi connectivity index (χ3n) is 4.69. The Kier molecular flexibility index (Phi) is 7.03. The van der Waals surface area contributed by atoms with Gasteiger partial charge in [-0.2, -0.15) is 4.31 Å². The maximum absolute atomic E-state index is 12.7. The molecule has 8 nitrogen and oxygen atoms in total. The third kappa shape index (κ3) is 5.36. The Labute approximate surface area is 192 Å². The molecule has 0 fully saturated rings. The van der Waals surface area contributed by atoms with E-state index in [9.17, 15) is 21.6 Å². The minimum Gasteiger partial charge on any atom is -0.325 e. The van der Waals surface area contributed by atoms with Crippen LogP contribution in [-0.2, 0) is 24.8 Å². The van der Waals surface area contributed by atoms with Crippen molar-refractivity contribution in [3.63, 3.8) is 0 Å². The van der Waals surface area contributed by atoms with Crippen LogP contribution in [0.1, 0.15) is 11.1 Å². The second-order valence-electron chi connectivity index (χ2n) is 7.14. The second-order valence-corrected chi connectivity index (χ2v) is 12.0. The predicted molar refractivity (Wildman–Crippen MR) is 126 cm³/mol. The van der Waals surface area contributed by atoms with Gasteiger partial charge in [0.05, 0.1) is 17.1 Å². The van der Waals surface area contributed by atoms with Crippen molar-refractivity contribution in [1.29, 1.82) is 0 Å². The molecule has 0 bridgehead atoms. The molecule has 0 saturated heterocycles. The molecule has 0 spiro atoms. The summed E-state index contributed by atoms with van der Waals surface area (Å²) in [5, 5.41) is 4.22. The number of nitrogens with one attached hydrogen (secondary N) is 2. The van der Waals surface area contributed by atoms with Crippen molar-refractivity contribution >= 4 is 48.7 Å². The highest BCUT2D eigenvalue weighted by molar-refractivity contribution is 7.92. The molecule has 3 rings (SSSR count). The highest BCUT2D eigenvalue weighted by atomic mass is 32.2. The van der Waals surface area contributed by atoms with Crippen molar-refractivity contribution < 1.29 is 21.6 Å². The van der Waals surface area contributed by atoms with E-state index in [4.69, 9.17) is 0 Å². The van der Waals surface area contributed by atoms with Crippen LogP contribution in [0, 0.1) is 13.8 Å². The number of sulfonamides is 2. The van der Waals surface area contributed by atoms with Gasteiger partial charge >= 0.3 is 0 Å². The molecule has 0 aliphatic heterocycles. The van der Waals surface area contributed by atoms with Gasteiger partial charge in [-0.3, -0.25) is 9.52 Å². The summed E-state index contributed by atoms with van der Waals surface area (Å²) in [5.41, 5.74) is 2.49. The Morgan fingerprint density at radius 3 is 2.12 bits per heavy atom. The number of aryl methyl sites for hydroxylation is 2. The van der Waals surface area contributed by atoms with E-state index in [1.807, 2.05) is 32.0 Å². The fourth-order valence-corrected chi connectivity index (χ4v) is 6.47. The smallest absolute Gasteiger partial charge is 0.261 e. The molecule has 2 N–H and O–H groups in total. The fraction of sp³-hybridized carbons (Fsp3) is 0.190. The average molecular weight is 494 g/mol. The molecule has 0 radical (unpaired) electrons. The van der Waals surface area contributed by atoms with Crippen molar-refractivity contribution in [2.45, 2.75) is 23.0 Å². The first kappa shape index (κ1) is 23.9. The molecule has 3 aromatic rings. The van der Waals surface area contributed by atoms with Gasteiger partial charge in [-0.15, -0.1) is 11.3 Å². The van der Waals surface area contributed by atoms with Crippen molar-refractivity contribution in [2.75, 3.05) is 23.6 Å². The highest BCUT2D eigenvalue weighted by Gasteiger charge is 2.24. The number of carbonyl (C=O) groups is 1. The monoisotopic (exact) mass is 493 g/mol. The first-order valence-electron chi connectivity index (χ1n) is 9.49. The molecule has 32 heavy (non-hydrogen) atoms. The summed E-state index contributed by atoms with van der Waals surface area (Å²) in [6.45, 7) is 3.26. The summed E-state index contributed by atoms with van der Waals surface area (Å²) in [4.78, 5) is 12.3. The molecule has 0 atom stereocenters. The van der Waals surface area contributed by atoms with Crippen LogP contribution in [0.25, 0.3) is 0 Å². The van der Waals surface area contributed by atoms with Crippen LogP contribution in [0.4, 0.5) is 11.4 Å². The number of anilines is 2. The van der Waals surface area contributed by atoms with E-state index in [0.717, 1.165) is 26.8 Å². The quantitative estimate of drug-likeness (QED) is 0.499. The first-order chi connectivity index (χ1) is 15.0. The van der Waals surface area contributed by atoms with Gasteiger partial charge in [-0.25, -0.2) is 16.8 Å². The van der Waals surface area contributed by atoms with Crippen LogP contribution in [0.3, 0.4) is 0 Å². The number of nitrogens with zero attached hydrogens (tertiary/aromatic N) is 1.